The van der Waals surface area contributed by atoms with E-state index in [4.69, 9.17) is 9.47 Å². The molecule has 16 heavy (non-hydrogen) atoms. The first kappa shape index (κ1) is 9.78. The molecule has 2 aliphatic heterocycles. The molecule has 0 aliphatic carbocycles. The maximum Gasteiger partial charge on any atom is 0.231 e. The van der Waals surface area contributed by atoms with Gasteiger partial charge in [-0.15, -0.1) is 0 Å². The fourth-order valence-corrected chi connectivity index (χ4v) is 2.29. The molecule has 1 atom stereocenters. The summed E-state index contributed by atoms with van der Waals surface area (Å²) in [4.78, 5) is 2.40. The first-order valence-electron chi connectivity index (χ1n) is 5.71. The molecule has 2 aliphatic rings. The summed E-state index contributed by atoms with van der Waals surface area (Å²) >= 11 is 0. The molecule has 2 heterocycles. The average Bonchev–Trinajstić information content (AvgIpc) is 2.76. The Morgan fingerprint density at radius 1 is 1.31 bits per heavy atom. The van der Waals surface area contributed by atoms with Crippen LogP contribution < -0.4 is 19.7 Å². The van der Waals surface area contributed by atoms with E-state index in [1.54, 1.807) is 0 Å². The molecule has 1 aromatic rings. The number of piperazine rings is 1. The van der Waals surface area contributed by atoms with Crippen LogP contribution in [0.1, 0.15) is 6.92 Å². The molecule has 1 N–H and O–H groups in total. The molecule has 0 aromatic heterocycles. The van der Waals surface area contributed by atoms with Gasteiger partial charge in [0.1, 0.15) is 0 Å². The number of anilines is 1. The molecule has 4 heteroatoms. The Labute approximate surface area is 95.1 Å². The molecule has 1 unspecified atom stereocenters. The van der Waals surface area contributed by atoms with Crippen LogP contribution in [0.3, 0.4) is 0 Å². The number of fused-ring (bicyclic) bond motifs is 1. The third-order valence-electron chi connectivity index (χ3n) is 3.19. The summed E-state index contributed by atoms with van der Waals surface area (Å²) in [5.41, 5.74) is 1.22. The van der Waals surface area contributed by atoms with Crippen molar-refractivity contribution >= 4 is 5.69 Å². The van der Waals surface area contributed by atoms with Crippen LogP contribution in [0, 0.1) is 0 Å². The summed E-state index contributed by atoms with van der Waals surface area (Å²) in [5, 5.41) is 3.39. The lowest BCUT2D eigenvalue weighted by Crippen LogP contribution is -2.49. The number of nitrogens with one attached hydrogen (secondary N) is 1. The number of nitrogens with zero attached hydrogens (tertiary/aromatic N) is 1. The predicted octanol–water partition coefficient (Wildman–Crippen LogP) is 1.21. The highest BCUT2D eigenvalue weighted by molar-refractivity contribution is 5.57. The Hall–Kier alpha value is -1.42. The van der Waals surface area contributed by atoms with E-state index in [1.807, 2.05) is 6.07 Å². The minimum absolute atomic E-state index is 0.343. The Bertz CT molecular complexity index is 395. The van der Waals surface area contributed by atoms with Crippen molar-refractivity contribution in [2.24, 2.45) is 0 Å². The van der Waals surface area contributed by atoms with Gasteiger partial charge >= 0.3 is 0 Å². The Kier molecular flexibility index (Phi) is 2.36. The second-order valence-electron chi connectivity index (χ2n) is 4.28. The molecule has 0 bridgehead atoms. The molecule has 0 amide bonds. The smallest absolute Gasteiger partial charge is 0.231 e. The summed E-state index contributed by atoms with van der Waals surface area (Å²) in [6.45, 7) is 5.70. The van der Waals surface area contributed by atoms with Crippen molar-refractivity contribution in [2.75, 3.05) is 31.3 Å². The number of rotatable bonds is 1. The van der Waals surface area contributed by atoms with E-state index in [0.29, 0.717) is 12.8 Å². The SMILES string of the molecule is CC1CNCCN1c1ccc2c(c1)OCO2. The summed E-state index contributed by atoms with van der Waals surface area (Å²) < 4.78 is 10.7. The highest BCUT2D eigenvalue weighted by Crippen LogP contribution is 2.36. The van der Waals surface area contributed by atoms with Crippen LogP contribution in [0.15, 0.2) is 18.2 Å². The first-order valence-corrected chi connectivity index (χ1v) is 5.71. The molecule has 4 nitrogen and oxygen atoms in total. The Balaban J connectivity index is 1.88. The summed E-state index contributed by atoms with van der Waals surface area (Å²) in [6.07, 6.45) is 0. The molecule has 0 radical (unpaired) electrons. The minimum Gasteiger partial charge on any atom is -0.454 e. The quantitative estimate of drug-likeness (QED) is 0.771. The highest BCUT2D eigenvalue weighted by atomic mass is 16.7. The van der Waals surface area contributed by atoms with E-state index in [-0.39, 0.29) is 0 Å². The van der Waals surface area contributed by atoms with Crippen molar-refractivity contribution in [3.63, 3.8) is 0 Å². The van der Waals surface area contributed by atoms with E-state index < -0.39 is 0 Å². The van der Waals surface area contributed by atoms with Crippen LogP contribution in [-0.2, 0) is 0 Å². The van der Waals surface area contributed by atoms with Crippen LogP contribution in [0.5, 0.6) is 11.5 Å². The lowest BCUT2D eigenvalue weighted by Gasteiger charge is -2.35. The van der Waals surface area contributed by atoms with Gasteiger partial charge in [0.05, 0.1) is 0 Å². The maximum atomic E-state index is 5.40. The number of benzene rings is 1. The van der Waals surface area contributed by atoms with E-state index in [0.717, 1.165) is 31.1 Å². The molecule has 0 spiro atoms. The third kappa shape index (κ3) is 1.59. The standard InChI is InChI=1S/C12H16N2O2/c1-9-7-13-4-5-14(9)10-2-3-11-12(6-10)16-8-15-11/h2-3,6,9,13H,4-5,7-8H2,1H3. The van der Waals surface area contributed by atoms with Gasteiger partial charge in [0.25, 0.3) is 0 Å². The van der Waals surface area contributed by atoms with Gasteiger partial charge in [0.15, 0.2) is 11.5 Å². The maximum absolute atomic E-state index is 5.40. The molecular formula is C12H16N2O2. The van der Waals surface area contributed by atoms with Crippen molar-refractivity contribution in [3.05, 3.63) is 18.2 Å². The van der Waals surface area contributed by atoms with Crippen molar-refractivity contribution in [1.82, 2.24) is 5.32 Å². The second kappa shape index (κ2) is 3.87. The van der Waals surface area contributed by atoms with Gasteiger partial charge in [0, 0.05) is 37.4 Å². The fourth-order valence-electron chi connectivity index (χ4n) is 2.29. The minimum atomic E-state index is 0.343. The van der Waals surface area contributed by atoms with E-state index in [9.17, 15) is 0 Å². The fraction of sp³-hybridized carbons (Fsp3) is 0.500. The highest BCUT2D eigenvalue weighted by Gasteiger charge is 2.21. The molecule has 0 saturated carbocycles. The molecular weight excluding hydrogens is 204 g/mol. The average molecular weight is 220 g/mol. The van der Waals surface area contributed by atoms with Gasteiger partial charge in [-0.3, -0.25) is 0 Å². The topological polar surface area (TPSA) is 33.7 Å². The molecule has 1 fully saturated rings. The Morgan fingerprint density at radius 3 is 3.06 bits per heavy atom. The van der Waals surface area contributed by atoms with Crippen molar-refractivity contribution in [2.45, 2.75) is 13.0 Å². The van der Waals surface area contributed by atoms with Gasteiger partial charge in [0.2, 0.25) is 6.79 Å². The van der Waals surface area contributed by atoms with Gasteiger partial charge < -0.3 is 19.7 Å². The summed E-state index contributed by atoms with van der Waals surface area (Å²) in [6, 6.07) is 6.69. The molecule has 3 rings (SSSR count). The molecule has 1 saturated heterocycles. The van der Waals surface area contributed by atoms with Gasteiger partial charge in [-0.05, 0) is 19.1 Å². The number of ether oxygens (including phenoxy) is 2. The lowest BCUT2D eigenvalue weighted by molar-refractivity contribution is 0.174. The van der Waals surface area contributed by atoms with E-state index in [2.05, 4.69) is 29.3 Å². The lowest BCUT2D eigenvalue weighted by atomic mass is 10.1. The van der Waals surface area contributed by atoms with Crippen molar-refractivity contribution < 1.29 is 9.47 Å². The third-order valence-corrected chi connectivity index (χ3v) is 3.19. The first-order chi connectivity index (χ1) is 7.84. The van der Waals surface area contributed by atoms with Gasteiger partial charge in [-0.1, -0.05) is 0 Å². The van der Waals surface area contributed by atoms with Crippen LogP contribution in [0.2, 0.25) is 0 Å². The number of hydrogen-bond acceptors (Lipinski definition) is 4. The van der Waals surface area contributed by atoms with E-state index >= 15 is 0 Å². The zero-order valence-corrected chi connectivity index (χ0v) is 9.40. The Morgan fingerprint density at radius 2 is 2.19 bits per heavy atom. The van der Waals surface area contributed by atoms with Crippen molar-refractivity contribution in [1.29, 1.82) is 0 Å². The zero-order valence-electron chi connectivity index (χ0n) is 9.40. The predicted molar refractivity (Wildman–Crippen MR) is 62.2 cm³/mol. The largest absolute Gasteiger partial charge is 0.454 e. The van der Waals surface area contributed by atoms with Crippen LogP contribution in [-0.4, -0.2) is 32.5 Å². The zero-order chi connectivity index (χ0) is 11.0. The summed E-state index contributed by atoms with van der Waals surface area (Å²) in [7, 11) is 0. The van der Waals surface area contributed by atoms with Gasteiger partial charge in [-0.25, -0.2) is 0 Å². The number of hydrogen-bond donors (Lipinski definition) is 1. The summed E-state index contributed by atoms with van der Waals surface area (Å²) in [5.74, 6) is 1.72. The van der Waals surface area contributed by atoms with Crippen molar-refractivity contribution in [3.8, 4) is 11.5 Å². The van der Waals surface area contributed by atoms with E-state index in [1.165, 1.54) is 5.69 Å². The monoisotopic (exact) mass is 220 g/mol. The van der Waals surface area contributed by atoms with Crippen LogP contribution >= 0.6 is 0 Å². The van der Waals surface area contributed by atoms with Gasteiger partial charge in [-0.2, -0.15) is 0 Å². The molecule has 86 valence electrons. The van der Waals surface area contributed by atoms with Crippen LogP contribution in [0.25, 0.3) is 0 Å². The normalized spacial score (nSPS) is 23.6. The molecule has 1 aromatic carbocycles. The van der Waals surface area contributed by atoms with Crippen LogP contribution in [0.4, 0.5) is 5.69 Å². The second-order valence-corrected chi connectivity index (χ2v) is 4.28.